The number of benzene rings is 1. The first kappa shape index (κ1) is 17.8. The average Bonchev–Trinajstić information content (AvgIpc) is 2.54. The number of hydrogen-bond donors (Lipinski definition) is 1. The van der Waals surface area contributed by atoms with Crippen molar-refractivity contribution in [1.29, 1.82) is 0 Å². The van der Waals surface area contributed by atoms with E-state index in [4.69, 9.17) is 0 Å². The van der Waals surface area contributed by atoms with Crippen LogP contribution in [-0.2, 0) is 4.79 Å². The van der Waals surface area contributed by atoms with Crippen LogP contribution in [0.15, 0.2) is 18.2 Å². The van der Waals surface area contributed by atoms with Crippen molar-refractivity contribution in [2.45, 2.75) is 40.7 Å². The molecule has 1 aromatic carbocycles. The molecule has 0 saturated carbocycles. The van der Waals surface area contributed by atoms with Gasteiger partial charge in [-0.05, 0) is 43.9 Å². The molecule has 1 amide bonds. The third-order valence-corrected chi connectivity index (χ3v) is 4.84. The Morgan fingerprint density at radius 1 is 1.13 bits per heavy atom. The van der Waals surface area contributed by atoms with E-state index in [1.807, 2.05) is 6.92 Å². The normalized spacial score (nSPS) is 17.4. The van der Waals surface area contributed by atoms with Crippen molar-refractivity contribution in [2.75, 3.05) is 37.6 Å². The van der Waals surface area contributed by atoms with Gasteiger partial charge in [0, 0.05) is 38.4 Å². The maximum Gasteiger partial charge on any atom is 0.237 e. The molecular weight excluding hydrogens is 286 g/mol. The Bertz CT molecular complexity index is 533. The van der Waals surface area contributed by atoms with Crippen molar-refractivity contribution >= 4 is 11.6 Å². The molecule has 0 bridgehead atoms. The molecule has 0 aliphatic carbocycles. The molecular formula is C19H31N3O. The van der Waals surface area contributed by atoms with Crippen LogP contribution in [0.2, 0.25) is 0 Å². The summed E-state index contributed by atoms with van der Waals surface area (Å²) in [6, 6.07) is 6.45. The van der Waals surface area contributed by atoms with Gasteiger partial charge in [0.1, 0.15) is 0 Å². The smallest absolute Gasteiger partial charge is 0.237 e. The number of carbonyl (C=O) groups is 1. The van der Waals surface area contributed by atoms with E-state index in [1.165, 1.54) is 16.8 Å². The molecule has 1 fully saturated rings. The van der Waals surface area contributed by atoms with Crippen molar-refractivity contribution in [2.24, 2.45) is 5.92 Å². The van der Waals surface area contributed by atoms with Gasteiger partial charge in [-0.2, -0.15) is 0 Å². The topological polar surface area (TPSA) is 35.6 Å². The van der Waals surface area contributed by atoms with Crippen LogP contribution in [0.3, 0.4) is 0 Å². The van der Waals surface area contributed by atoms with Crippen LogP contribution in [0, 0.1) is 19.8 Å². The predicted molar refractivity (Wildman–Crippen MR) is 97.0 cm³/mol. The van der Waals surface area contributed by atoms with Gasteiger partial charge in [0.15, 0.2) is 0 Å². The molecule has 1 aliphatic heterocycles. The molecule has 1 saturated heterocycles. The second-order valence-corrected chi connectivity index (χ2v) is 7.06. The van der Waals surface area contributed by atoms with E-state index >= 15 is 0 Å². The van der Waals surface area contributed by atoms with Crippen molar-refractivity contribution < 1.29 is 4.79 Å². The second-order valence-electron chi connectivity index (χ2n) is 7.06. The molecule has 0 spiro atoms. The molecule has 1 aliphatic rings. The molecule has 1 atom stereocenters. The zero-order valence-corrected chi connectivity index (χ0v) is 15.2. The minimum absolute atomic E-state index is 0.0468. The lowest BCUT2D eigenvalue weighted by Crippen LogP contribution is -2.54. The Labute approximate surface area is 140 Å². The maximum atomic E-state index is 12.2. The molecule has 0 radical (unpaired) electrons. The van der Waals surface area contributed by atoms with Crippen molar-refractivity contribution in [3.8, 4) is 0 Å². The SMILES string of the molecule is Cc1cccc(N2CCN(C(C)C(=O)NCC(C)C)CC2)c1C. The van der Waals surface area contributed by atoms with E-state index < -0.39 is 0 Å². The van der Waals surface area contributed by atoms with Gasteiger partial charge in [-0.3, -0.25) is 9.69 Å². The highest BCUT2D eigenvalue weighted by Gasteiger charge is 2.26. The third-order valence-electron chi connectivity index (χ3n) is 4.84. The van der Waals surface area contributed by atoms with Gasteiger partial charge in [-0.15, -0.1) is 0 Å². The molecule has 1 aromatic rings. The first-order valence-corrected chi connectivity index (χ1v) is 8.73. The van der Waals surface area contributed by atoms with E-state index in [2.05, 4.69) is 61.0 Å². The van der Waals surface area contributed by atoms with E-state index in [9.17, 15) is 4.79 Å². The third kappa shape index (κ3) is 4.47. The molecule has 4 heteroatoms. The van der Waals surface area contributed by atoms with Gasteiger partial charge in [-0.25, -0.2) is 0 Å². The summed E-state index contributed by atoms with van der Waals surface area (Å²) in [5.41, 5.74) is 4.04. The fourth-order valence-electron chi connectivity index (χ4n) is 3.05. The van der Waals surface area contributed by atoms with Crippen LogP contribution < -0.4 is 10.2 Å². The number of nitrogens with one attached hydrogen (secondary N) is 1. The molecule has 23 heavy (non-hydrogen) atoms. The van der Waals surface area contributed by atoms with Crippen LogP contribution >= 0.6 is 0 Å². The lowest BCUT2D eigenvalue weighted by Gasteiger charge is -2.39. The molecule has 1 unspecified atom stereocenters. The molecule has 128 valence electrons. The summed E-state index contributed by atoms with van der Waals surface area (Å²) in [5.74, 6) is 0.645. The number of piperazine rings is 1. The van der Waals surface area contributed by atoms with E-state index in [0.29, 0.717) is 5.92 Å². The summed E-state index contributed by atoms with van der Waals surface area (Å²) < 4.78 is 0. The highest BCUT2D eigenvalue weighted by molar-refractivity contribution is 5.81. The predicted octanol–water partition coefficient (Wildman–Crippen LogP) is 2.59. The summed E-state index contributed by atoms with van der Waals surface area (Å²) in [5, 5.41) is 3.04. The number of carbonyl (C=O) groups excluding carboxylic acids is 1. The fourth-order valence-corrected chi connectivity index (χ4v) is 3.05. The molecule has 1 heterocycles. The number of rotatable bonds is 5. The lowest BCUT2D eigenvalue weighted by atomic mass is 10.1. The zero-order valence-electron chi connectivity index (χ0n) is 15.2. The summed E-state index contributed by atoms with van der Waals surface area (Å²) in [4.78, 5) is 17.0. The van der Waals surface area contributed by atoms with Crippen LogP contribution in [0.25, 0.3) is 0 Å². The van der Waals surface area contributed by atoms with Crippen molar-refractivity contribution in [3.63, 3.8) is 0 Å². The van der Waals surface area contributed by atoms with Gasteiger partial charge < -0.3 is 10.2 Å². The van der Waals surface area contributed by atoms with Crippen LogP contribution in [0.4, 0.5) is 5.69 Å². The monoisotopic (exact) mass is 317 g/mol. The zero-order chi connectivity index (χ0) is 17.0. The standard InChI is InChI=1S/C19H31N3O/c1-14(2)13-20-19(23)17(5)21-9-11-22(12-10-21)18-8-6-7-15(3)16(18)4/h6-8,14,17H,9-13H2,1-5H3,(H,20,23). The van der Waals surface area contributed by atoms with Crippen LogP contribution in [-0.4, -0.2) is 49.6 Å². The van der Waals surface area contributed by atoms with E-state index in [1.54, 1.807) is 0 Å². The minimum Gasteiger partial charge on any atom is -0.369 e. The lowest BCUT2D eigenvalue weighted by molar-refractivity contribution is -0.126. The molecule has 1 N–H and O–H groups in total. The number of amides is 1. The number of nitrogens with zero attached hydrogens (tertiary/aromatic N) is 2. The highest BCUT2D eigenvalue weighted by atomic mass is 16.2. The summed E-state index contributed by atoms with van der Waals surface area (Å²) in [6.07, 6.45) is 0. The first-order valence-electron chi connectivity index (χ1n) is 8.73. The van der Waals surface area contributed by atoms with Crippen LogP contribution in [0.5, 0.6) is 0 Å². The molecule has 4 nitrogen and oxygen atoms in total. The van der Waals surface area contributed by atoms with Gasteiger partial charge in [0.25, 0.3) is 0 Å². The van der Waals surface area contributed by atoms with Crippen molar-refractivity contribution in [1.82, 2.24) is 10.2 Å². The number of anilines is 1. The Kier molecular flexibility index (Phi) is 6.05. The van der Waals surface area contributed by atoms with Gasteiger partial charge in [-0.1, -0.05) is 26.0 Å². The minimum atomic E-state index is -0.0468. The summed E-state index contributed by atoms with van der Waals surface area (Å²) >= 11 is 0. The van der Waals surface area contributed by atoms with Gasteiger partial charge in [0.05, 0.1) is 6.04 Å². The van der Waals surface area contributed by atoms with Crippen molar-refractivity contribution in [3.05, 3.63) is 29.3 Å². The molecule has 0 aromatic heterocycles. The van der Waals surface area contributed by atoms with E-state index in [0.717, 1.165) is 32.7 Å². The Balaban J connectivity index is 1.90. The fraction of sp³-hybridized carbons (Fsp3) is 0.632. The largest absolute Gasteiger partial charge is 0.369 e. The Morgan fingerprint density at radius 2 is 1.78 bits per heavy atom. The second kappa shape index (κ2) is 7.82. The summed E-state index contributed by atoms with van der Waals surface area (Å²) in [6.45, 7) is 15.2. The number of aryl methyl sites for hydroxylation is 1. The van der Waals surface area contributed by atoms with Crippen LogP contribution in [0.1, 0.15) is 31.9 Å². The highest BCUT2D eigenvalue weighted by Crippen LogP contribution is 2.24. The van der Waals surface area contributed by atoms with Gasteiger partial charge in [0.2, 0.25) is 5.91 Å². The van der Waals surface area contributed by atoms with E-state index in [-0.39, 0.29) is 11.9 Å². The Morgan fingerprint density at radius 3 is 2.39 bits per heavy atom. The summed E-state index contributed by atoms with van der Waals surface area (Å²) in [7, 11) is 0. The number of hydrogen-bond acceptors (Lipinski definition) is 3. The van der Waals surface area contributed by atoms with Gasteiger partial charge >= 0.3 is 0 Å². The average molecular weight is 317 g/mol. The Hall–Kier alpha value is -1.55. The quantitative estimate of drug-likeness (QED) is 0.907. The first-order chi connectivity index (χ1) is 10.9. The molecule has 2 rings (SSSR count). The maximum absolute atomic E-state index is 12.2.